The van der Waals surface area contributed by atoms with E-state index in [-0.39, 0.29) is 6.79 Å². The highest BCUT2D eigenvalue weighted by Crippen LogP contribution is 2.31. The van der Waals surface area contributed by atoms with Crippen molar-refractivity contribution in [3.8, 4) is 17.2 Å². The minimum Gasteiger partial charge on any atom is -0.497 e. The third-order valence-corrected chi connectivity index (χ3v) is 4.99. The number of sulfonamides is 1. The molecule has 1 aliphatic heterocycles. The number of hydrazone groups is 1. The summed E-state index contributed by atoms with van der Waals surface area (Å²) in [6.07, 6.45) is 2.46. The number of hydrogen-bond donors (Lipinski definition) is 1. The van der Waals surface area contributed by atoms with Crippen LogP contribution in [-0.2, 0) is 14.8 Å². The van der Waals surface area contributed by atoms with Crippen LogP contribution in [0.5, 0.6) is 17.2 Å². The second-order valence-corrected chi connectivity index (χ2v) is 7.78. The van der Waals surface area contributed by atoms with Crippen LogP contribution in [0.2, 0.25) is 0 Å². The topological polar surface area (TPSA) is 107 Å². The fraction of sp³-hybridized carbons (Fsp3) is 0.222. The molecule has 0 unspecified atom stereocenters. The minimum absolute atomic E-state index is 0.166. The molecule has 3 rings (SSSR count). The molecule has 0 spiro atoms. The molecular formula is C18H19N3O6S. The van der Waals surface area contributed by atoms with Crippen LogP contribution in [0.4, 0.5) is 5.69 Å². The van der Waals surface area contributed by atoms with Crippen LogP contribution in [0.1, 0.15) is 5.56 Å². The van der Waals surface area contributed by atoms with Gasteiger partial charge in [-0.05, 0) is 48.0 Å². The maximum absolute atomic E-state index is 12.2. The smallest absolute Gasteiger partial charge is 0.260 e. The summed E-state index contributed by atoms with van der Waals surface area (Å²) >= 11 is 0. The average molecular weight is 405 g/mol. The molecule has 0 aliphatic carbocycles. The molecule has 28 heavy (non-hydrogen) atoms. The predicted octanol–water partition coefficient (Wildman–Crippen LogP) is 1.34. The van der Waals surface area contributed by atoms with Crippen molar-refractivity contribution in [2.45, 2.75) is 0 Å². The number of benzene rings is 2. The fourth-order valence-corrected chi connectivity index (χ4v) is 3.34. The molecule has 1 N–H and O–H groups in total. The zero-order valence-corrected chi connectivity index (χ0v) is 16.1. The highest BCUT2D eigenvalue weighted by Gasteiger charge is 2.20. The van der Waals surface area contributed by atoms with Gasteiger partial charge in [-0.15, -0.1) is 0 Å². The number of nitrogens with zero attached hydrogens (tertiary/aromatic N) is 2. The summed E-state index contributed by atoms with van der Waals surface area (Å²) in [7, 11) is -2.16. The van der Waals surface area contributed by atoms with E-state index >= 15 is 0 Å². The first-order valence-electron chi connectivity index (χ1n) is 8.20. The summed E-state index contributed by atoms with van der Waals surface area (Å²) in [5.41, 5.74) is 3.36. The van der Waals surface area contributed by atoms with E-state index in [9.17, 15) is 13.2 Å². The van der Waals surface area contributed by atoms with E-state index in [4.69, 9.17) is 14.2 Å². The van der Waals surface area contributed by atoms with E-state index < -0.39 is 22.5 Å². The van der Waals surface area contributed by atoms with Gasteiger partial charge >= 0.3 is 0 Å². The number of carbonyl (C=O) groups is 1. The zero-order chi connectivity index (χ0) is 20.1. The van der Waals surface area contributed by atoms with Gasteiger partial charge in [0.15, 0.2) is 11.5 Å². The molecule has 9 nitrogen and oxygen atoms in total. The van der Waals surface area contributed by atoms with E-state index in [0.717, 1.165) is 10.6 Å². The van der Waals surface area contributed by atoms with Gasteiger partial charge in [-0.25, -0.2) is 13.8 Å². The van der Waals surface area contributed by atoms with Crippen molar-refractivity contribution in [1.82, 2.24) is 5.43 Å². The number of nitrogens with one attached hydrogen (secondary N) is 1. The van der Waals surface area contributed by atoms with E-state index in [0.29, 0.717) is 28.5 Å². The highest BCUT2D eigenvalue weighted by molar-refractivity contribution is 7.92. The third kappa shape index (κ3) is 4.71. The number of methoxy groups -OCH3 is 1. The molecule has 0 bridgehead atoms. The van der Waals surface area contributed by atoms with Crippen molar-refractivity contribution in [1.29, 1.82) is 0 Å². The van der Waals surface area contributed by atoms with Crippen molar-refractivity contribution in [3.05, 3.63) is 48.0 Å². The lowest BCUT2D eigenvalue weighted by atomic mass is 10.2. The summed E-state index contributed by atoms with van der Waals surface area (Å²) in [5.74, 6) is 1.23. The number of amides is 1. The Labute approximate surface area is 162 Å². The Bertz CT molecular complexity index is 989. The summed E-state index contributed by atoms with van der Waals surface area (Å²) in [5, 5.41) is 3.86. The minimum atomic E-state index is -3.67. The molecule has 1 aliphatic rings. The summed E-state index contributed by atoms with van der Waals surface area (Å²) in [4.78, 5) is 12.2. The molecule has 0 radical (unpaired) electrons. The van der Waals surface area contributed by atoms with Crippen molar-refractivity contribution in [3.63, 3.8) is 0 Å². The molecule has 10 heteroatoms. The Hall–Kier alpha value is -3.27. The summed E-state index contributed by atoms with van der Waals surface area (Å²) in [6.45, 7) is -0.247. The number of ether oxygens (including phenoxy) is 3. The SMILES string of the molecule is COc1ccc(N(CC(=O)N/N=C/c2ccc3c(c2)OCO3)S(C)(=O)=O)cc1. The first kappa shape index (κ1) is 19.5. The third-order valence-electron chi connectivity index (χ3n) is 3.85. The van der Waals surface area contributed by atoms with Gasteiger partial charge in [0, 0.05) is 0 Å². The second kappa shape index (κ2) is 8.17. The first-order chi connectivity index (χ1) is 13.4. The van der Waals surface area contributed by atoms with E-state index in [2.05, 4.69) is 10.5 Å². The molecule has 0 aromatic heterocycles. The fourth-order valence-electron chi connectivity index (χ4n) is 2.49. The molecule has 2 aromatic rings. The molecular weight excluding hydrogens is 386 g/mol. The van der Waals surface area contributed by atoms with Crippen LogP contribution >= 0.6 is 0 Å². The van der Waals surface area contributed by atoms with Gasteiger partial charge in [-0.3, -0.25) is 9.10 Å². The van der Waals surface area contributed by atoms with Crippen LogP contribution in [0, 0.1) is 0 Å². The molecule has 1 amide bonds. The van der Waals surface area contributed by atoms with Crippen LogP contribution < -0.4 is 23.9 Å². The van der Waals surface area contributed by atoms with Gasteiger partial charge < -0.3 is 14.2 Å². The Kier molecular flexibility index (Phi) is 5.69. The van der Waals surface area contributed by atoms with E-state index in [1.165, 1.54) is 13.3 Å². The summed E-state index contributed by atoms with van der Waals surface area (Å²) in [6, 6.07) is 11.6. The van der Waals surface area contributed by atoms with Crippen molar-refractivity contribution < 1.29 is 27.4 Å². The molecule has 0 fully saturated rings. The van der Waals surface area contributed by atoms with Gasteiger partial charge in [0.05, 0.1) is 25.3 Å². The Balaban J connectivity index is 1.65. The number of anilines is 1. The Morgan fingerprint density at radius 3 is 2.61 bits per heavy atom. The maximum atomic E-state index is 12.2. The maximum Gasteiger partial charge on any atom is 0.260 e. The second-order valence-electron chi connectivity index (χ2n) is 5.87. The highest BCUT2D eigenvalue weighted by atomic mass is 32.2. The standard InChI is InChI=1S/C18H19N3O6S/c1-25-15-6-4-14(5-7-15)21(28(2,23)24)11-18(22)20-19-10-13-3-8-16-17(9-13)27-12-26-16/h3-10H,11-12H2,1-2H3,(H,20,22)/b19-10+. The van der Waals surface area contributed by atoms with Crippen LogP contribution in [0.15, 0.2) is 47.6 Å². The predicted molar refractivity (Wildman–Crippen MR) is 103 cm³/mol. The number of fused-ring (bicyclic) bond motifs is 1. The lowest BCUT2D eigenvalue weighted by molar-refractivity contribution is -0.119. The summed E-state index contributed by atoms with van der Waals surface area (Å²) < 4.78 is 40.7. The molecule has 1 heterocycles. The molecule has 0 saturated carbocycles. The van der Waals surface area contributed by atoms with Crippen molar-refractivity contribution in [2.24, 2.45) is 5.10 Å². The van der Waals surface area contributed by atoms with Crippen LogP contribution in [0.25, 0.3) is 0 Å². The zero-order valence-electron chi connectivity index (χ0n) is 15.3. The van der Waals surface area contributed by atoms with Gasteiger partial charge in [0.2, 0.25) is 16.8 Å². The monoisotopic (exact) mass is 405 g/mol. The van der Waals surface area contributed by atoms with Gasteiger partial charge in [-0.2, -0.15) is 5.10 Å². The number of carbonyl (C=O) groups excluding carboxylic acids is 1. The molecule has 0 atom stereocenters. The van der Waals surface area contributed by atoms with Crippen molar-refractivity contribution >= 4 is 27.8 Å². The van der Waals surface area contributed by atoms with Crippen LogP contribution in [0.3, 0.4) is 0 Å². The first-order valence-corrected chi connectivity index (χ1v) is 10.0. The van der Waals surface area contributed by atoms with E-state index in [1.54, 1.807) is 42.5 Å². The number of rotatable bonds is 7. The lowest BCUT2D eigenvalue weighted by Crippen LogP contribution is -2.39. The molecule has 2 aromatic carbocycles. The van der Waals surface area contributed by atoms with Crippen molar-refractivity contribution in [2.75, 3.05) is 31.0 Å². The average Bonchev–Trinajstić information content (AvgIpc) is 3.13. The lowest BCUT2D eigenvalue weighted by Gasteiger charge is -2.21. The number of hydrogen-bond acceptors (Lipinski definition) is 7. The quantitative estimate of drug-likeness (QED) is 0.550. The van der Waals surface area contributed by atoms with Gasteiger partial charge in [-0.1, -0.05) is 0 Å². The largest absolute Gasteiger partial charge is 0.497 e. The van der Waals surface area contributed by atoms with E-state index in [1.807, 2.05) is 0 Å². The van der Waals surface area contributed by atoms with Crippen LogP contribution in [-0.4, -0.2) is 47.2 Å². The van der Waals surface area contributed by atoms with Gasteiger partial charge in [0.1, 0.15) is 12.3 Å². The Morgan fingerprint density at radius 1 is 1.21 bits per heavy atom. The van der Waals surface area contributed by atoms with Gasteiger partial charge in [0.25, 0.3) is 5.91 Å². The molecule has 0 saturated heterocycles. The Morgan fingerprint density at radius 2 is 1.93 bits per heavy atom. The molecule has 148 valence electrons. The normalized spacial score (nSPS) is 12.8.